The molecule has 0 bridgehead atoms. The van der Waals surface area contributed by atoms with E-state index < -0.39 is 17.6 Å². The van der Waals surface area contributed by atoms with Crippen LogP contribution < -0.4 is 5.32 Å². The van der Waals surface area contributed by atoms with Crippen LogP contribution in [0, 0.1) is 5.82 Å². The topological polar surface area (TPSA) is 15.3 Å². The van der Waals surface area contributed by atoms with E-state index in [4.69, 9.17) is 0 Å². The molecule has 0 aromatic heterocycles. The summed E-state index contributed by atoms with van der Waals surface area (Å²) >= 11 is 0. The van der Waals surface area contributed by atoms with Crippen molar-refractivity contribution >= 4 is 0 Å². The zero-order chi connectivity index (χ0) is 13.3. The van der Waals surface area contributed by atoms with Crippen molar-refractivity contribution in [3.05, 3.63) is 35.1 Å². The minimum absolute atomic E-state index is 0.0968. The molecule has 1 unspecified atom stereocenters. The number of hydrogen-bond acceptors (Lipinski definition) is 2. The Hall–Kier alpha value is -1.14. The molecule has 0 amide bonds. The number of rotatable bonds is 1. The van der Waals surface area contributed by atoms with Crippen LogP contribution in [0.15, 0.2) is 18.2 Å². The van der Waals surface area contributed by atoms with Gasteiger partial charge in [-0.1, -0.05) is 12.1 Å². The Morgan fingerprint density at radius 2 is 2.06 bits per heavy atom. The lowest BCUT2D eigenvalue weighted by atomic mass is 10.00. The molecule has 1 heterocycles. The van der Waals surface area contributed by atoms with Crippen LogP contribution >= 0.6 is 0 Å². The van der Waals surface area contributed by atoms with Crippen molar-refractivity contribution in [1.29, 1.82) is 0 Å². The SMILES string of the molecule is CN1CCNCC1c1cccc(C(F)(F)F)c1F. The van der Waals surface area contributed by atoms with Crippen molar-refractivity contribution < 1.29 is 17.6 Å². The largest absolute Gasteiger partial charge is 0.419 e. The second kappa shape index (κ2) is 4.85. The predicted octanol–water partition coefficient (Wildman–Crippen LogP) is 2.42. The lowest BCUT2D eigenvalue weighted by Crippen LogP contribution is -2.44. The highest BCUT2D eigenvalue weighted by molar-refractivity contribution is 5.31. The van der Waals surface area contributed by atoms with E-state index in [2.05, 4.69) is 5.32 Å². The number of hydrogen-bond donors (Lipinski definition) is 1. The maximum absolute atomic E-state index is 14.0. The van der Waals surface area contributed by atoms with E-state index in [9.17, 15) is 17.6 Å². The summed E-state index contributed by atoms with van der Waals surface area (Å²) in [5.41, 5.74) is -1.10. The van der Waals surface area contributed by atoms with Crippen LogP contribution in [0.2, 0.25) is 0 Å². The number of halogens is 4. The summed E-state index contributed by atoms with van der Waals surface area (Å²) in [4.78, 5) is 1.86. The molecule has 1 aromatic rings. The van der Waals surface area contributed by atoms with Crippen LogP contribution in [-0.4, -0.2) is 31.6 Å². The minimum Gasteiger partial charge on any atom is -0.314 e. The van der Waals surface area contributed by atoms with Crippen LogP contribution in [0.25, 0.3) is 0 Å². The Morgan fingerprint density at radius 3 is 2.67 bits per heavy atom. The summed E-state index contributed by atoms with van der Waals surface area (Å²) in [5.74, 6) is -1.16. The first-order chi connectivity index (χ1) is 8.41. The predicted molar refractivity (Wildman–Crippen MR) is 59.6 cm³/mol. The first-order valence-corrected chi connectivity index (χ1v) is 5.68. The van der Waals surface area contributed by atoms with Crippen molar-refractivity contribution in [3.63, 3.8) is 0 Å². The Kier molecular flexibility index (Phi) is 3.59. The highest BCUT2D eigenvalue weighted by Gasteiger charge is 2.36. The minimum atomic E-state index is -4.65. The summed E-state index contributed by atoms with van der Waals surface area (Å²) < 4.78 is 51.8. The van der Waals surface area contributed by atoms with Crippen LogP contribution in [-0.2, 0) is 6.18 Å². The quantitative estimate of drug-likeness (QED) is 0.782. The molecule has 0 saturated carbocycles. The molecule has 1 N–H and O–H groups in total. The fourth-order valence-electron chi connectivity index (χ4n) is 2.18. The maximum Gasteiger partial charge on any atom is 0.419 e. The van der Waals surface area contributed by atoms with Gasteiger partial charge in [0.15, 0.2) is 0 Å². The molecular weight excluding hydrogens is 248 g/mol. The highest BCUT2D eigenvalue weighted by atomic mass is 19.4. The number of nitrogens with zero attached hydrogens (tertiary/aromatic N) is 1. The number of benzene rings is 1. The van der Waals surface area contributed by atoms with E-state index in [0.717, 1.165) is 12.6 Å². The molecule has 2 nitrogen and oxygen atoms in total. The molecule has 1 aliphatic rings. The second-order valence-corrected chi connectivity index (χ2v) is 4.41. The first-order valence-electron chi connectivity index (χ1n) is 5.68. The number of piperazine rings is 1. The molecule has 0 aliphatic carbocycles. The van der Waals surface area contributed by atoms with Gasteiger partial charge >= 0.3 is 6.18 Å². The van der Waals surface area contributed by atoms with Gasteiger partial charge in [0.25, 0.3) is 0 Å². The van der Waals surface area contributed by atoms with Gasteiger partial charge < -0.3 is 5.32 Å². The van der Waals surface area contributed by atoms with E-state index in [1.165, 1.54) is 12.1 Å². The number of alkyl halides is 3. The standard InChI is InChI=1S/C12H14F4N2/c1-18-6-5-17-7-10(18)8-3-2-4-9(11(8)13)12(14,15)16/h2-4,10,17H,5-7H2,1H3. The smallest absolute Gasteiger partial charge is 0.314 e. The van der Waals surface area contributed by atoms with Crippen LogP contribution in [0.1, 0.15) is 17.2 Å². The number of likely N-dealkylation sites (N-methyl/N-ethyl adjacent to an activating group) is 1. The third-order valence-electron chi connectivity index (χ3n) is 3.20. The molecule has 6 heteroatoms. The van der Waals surface area contributed by atoms with Gasteiger partial charge in [0.1, 0.15) is 5.82 Å². The molecule has 1 saturated heterocycles. The highest BCUT2D eigenvalue weighted by Crippen LogP contribution is 2.35. The number of nitrogens with one attached hydrogen (secondary N) is 1. The Morgan fingerprint density at radius 1 is 1.33 bits per heavy atom. The zero-order valence-corrected chi connectivity index (χ0v) is 9.89. The maximum atomic E-state index is 14.0. The Balaban J connectivity index is 2.39. The molecule has 1 aliphatic heterocycles. The molecule has 0 radical (unpaired) electrons. The van der Waals surface area contributed by atoms with Crippen LogP contribution in [0.4, 0.5) is 17.6 Å². The van der Waals surface area contributed by atoms with Crippen molar-refractivity contribution in [1.82, 2.24) is 10.2 Å². The average Bonchev–Trinajstić information content (AvgIpc) is 2.29. The third kappa shape index (κ3) is 2.49. The fraction of sp³-hybridized carbons (Fsp3) is 0.500. The van der Waals surface area contributed by atoms with Crippen molar-refractivity contribution in [2.24, 2.45) is 0 Å². The van der Waals surface area contributed by atoms with E-state index in [1.807, 2.05) is 4.90 Å². The summed E-state index contributed by atoms with van der Waals surface area (Å²) in [6, 6.07) is 3.08. The van der Waals surface area contributed by atoms with Gasteiger partial charge in [0, 0.05) is 31.2 Å². The summed E-state index contributed by atoms with van der Waals surface area (Å²) in [5, 5.41) is 3.06. The van der Waals surface area contributed by atoms with E-state index in [0.29, 0.717) is 13.1 Å². The third-order valence-corrected chi connectivity index (χ3v) is 3.20. The van der Waals surface area contributed by atoms with Crippen molar-refractivity contribution in [3.8, 4) is 0 Å². The summed E-state index contributed by atoms with van der Waals surface area (Å²) in [6.45, 7) is 1.89. The molecule has 100 valence electrons. The molecule has 2 rings (SSSR count). The van der Waals surface area contributed by atoms with E-state index in [-0.39, 0.29) is 11.6 Å². The normalized spacial score (nSPS) is 22.2. The van der Waals surface area contributed by atoms with Crippen molar-refractivity contribution in [2.45, 2.75) is 12.2 Å². The molecule has 1 aromatic carbocycles. The summed E-state index contributed by atoms with van der Waals surface area (Å²) in [7, 11) is 1.78. The van der Waals surface area contributed by atoms with Gasteiger partial charge in [-0.05, 0) is 13.1 Å². The van der Waals surface area contributed by atoms with Gasteiger partial charge in [-0.2, -0.15) is 13.2 Å². The lowest BCUT2D eigenvalue weighted by Gasteiger charge is -2.33. The Labute approximate surface area is 103 Å². The van der Waals surface area contributed by atoms with Gasteiger partial charge in [-0.3, -0.25) is 4.90 Å². The first kappa shape index (κ1) is 13.3. The van der Waals surface area contributed by atoms with Gasteiger partial charge in [0.2, 0.25) is 0 Å². The Bertz CT molecular complexity index is 431. The molecule has 0 spiro atoms. The molecule has 1 fully saturated rings. The molecular formula is C12H14F4N2. The zero-order valence-electron chi connectivity index (χ0n) is 9.89. The fourth-order valence-corrected chi connectivity index (χ4v) is 2.18. The van der Waals surface area contributed by atoms with Gasteiger partial charge in [0.05, 0.1) is 5.56 Å². The van der Waals surface area contributed by atoms with Gasteiger partial charge in [-0.15, -0.1) is 0 Å². The van der Waals surface area contributed by atoms with E-state index in [1.54, 1.807) is 7.05 Å². The molecule has 1 atom stereocenters. The monoisotopic (exact) mass is 262 g/mol. The molecule has 18 heavy (non-hydrogen) atoms. The van der Waals surface area contributed by atoms with Crippen molar-refractivity contribution in [2.75, 3.05) is 26.7 Å². The average molecular weight is 262 g/mol. The van der Waals surface area contributed by atoms with Crippen LogP contribution in [0.5, 0.6) is 0 Å². The second-order valence-electron chi connectivity index (χ2n) is 4.41. The van der Waals surface area contributed by atoms with Crippen LogP contribution in [0.3, 0.4) is 0 Å². The van der Waals surface area contributed by atoms with Gasteiger partial charge in [-0.25, -0.2) is 4.39 Å². The van der Waals surface area contributed by atoms with E-state index >= 15 is 0 Å². The summed E-state index contributed by atoms with van der Waals surface area (Å²) in [6.07, 6.45) is -4.65. The lowest BCUT2D eigenvalue weighted by molar-refractivity contribution is -0.140.